The van der Waals surface area contributed by atoms with Crippen LogP contribution in [0, 0.1) is 0 Å². The molecule has 0 aromatic heterocycles. The summed E-state index contributed by atoms with van der Waals surface area (Å²) < 4.78 is 0. The van der Waals surface area contributed by atoms with Crippen LogP contribution in [0.25, 0.3) is 0 Å². The molecule has 1 saturated heterocycles. The first kappa shape index (κ1) is 19.0. The Kier molecular flexibility index (Phi) is 5.51. The highest BCUT2D eigenvalue weighted by molar-refractivity contribution is 7.98. The molecule has 0 unspecified atom stereocenters. The summed E-state index contributed by atoms with van der Waals surface area (Å²) in [6.07, 6.45) is 2.31. The van der Waals surface area contributed by atoms with Gasteiger partial charge in [-0.1, -0.05) is 49.4 Å². The Morgan fingerprint density at radius 2 is 1.78 bits per heavy atom. The Morgan fingerprint density at radius 1 is 1.11 bits per heavy atom. The smallest absolute Gasteiger partial charge is 0.324 e. The van der Waals surface area contributed by atoms with Gasteiger partial charge in [-0.15, -0.1) is 11.8 Å². The van der Waals surface area contributed by atoms with Crippen LogP contribution in [0.4, 0.5) is 10.5 Å². The molecule has 3 rings (SSSR count). The summed E-state index contributed by atoms with van der Waals surface area (Å²) in [5, 5.41) is 5.56. The lowest BCUT2D eigenvalue weighted by molar-refractivity contribution is -0.134. The Labute approximate surface area is 162 Å². The maximum Gasteiger partial charge on any atom is 0.325 e. The highest BCUT2D eigenvalue weighted by atomic mass is 32.2. The standard InChI is InChI=1S/C20H21N3O3S/c1-3-20(14-9-5-4-6-10-14)18(25)23(19(26)22-20)13-17(24)21-15-11-7-8-12-16(15)27-2/h4-12H,3,13H2,1-2H3,(H,21,24)(H,22,26)/t20-/m1/s1. The second-order valence-electron chi connectivity index (χ2n) is 6.19. The van der Waals surface area contributed by atoms with E-state index in [9.17, 15) is 14.4 Å². The first-order chi connectivity index (χ1) is 13.0. The zero-order valence-corrected chi connectivity index (χ0v) is 16.0. The maximum absolute atomic E-state index is 13.0. The Bertz CT molecular complexity index is 872. The molecule has 2 N–H and O–H groups in total. The Balaban J connectivity index is 1.78. The number of amides is 4. The Morgan fingerprint density at radius 3 is 2.44 bits per heavy atom. The summed E-state index contributed by atoms with van der Waals surface area (Å²) in [4.78, 5) is 39.9. The molecule has 6 nitrogen and oxygen atoms in total. The summed E-state index contributed by atoms with van der Waals surface area (Å²) in [7, 11) is 0. The van der Waals surface area contributed by atoms with Crippen molar-refractivity contribution >= 4 is 35.3 Å². The predicted molar refractivity (Wildman–Crippen MR) is 106 cm³/mol. The molecule has 1 aliphatic heterocycles. The van der Waals surface area contributed by atoms with Gasteiger partial charge in [-0.3, -0.25) is 14.5 Å². The Hall–Kier alpha value is -2.80. The molecule has 0 spiro atoms. The third-order valence-electron chi connectivity index (χ3n) is 4.66. The number of carbonyl (C=O) groups excluding carboxylic acids is 3. The normalized spacial score (nSPS) is 19.1. The lowest BCUT2D eigenvalue weighted by Gasteiger charge is -2.25. The van der Waals surface area contributed by atoms with E-state index in [1.54, 1.807) is 18.2 Å². The fraction of sp³-hybridized carbons (Fsp3) is 0.250. The molecule has 1 fully saturated rings. The van der Waals surface area contributed by atoms with Crippen LogP contribution in [-0.4, -0.2) is 35.5 Å². The van der Waals surface area contributed by atoms with E-state index in [1.807, 2.05) is 49.6 Å². The van der Waals surface area contributed by atoms with Crippen molar-refractivity contribution in [1.29, 1.82) is 0 Å². The fourth-order valence-electron chi connectivity index (χ4n) is 3.21. The van der Waals surface area contributed by atoms with Crippen molar-refractivity contribution in [2.75, 3.05) is 18.1 Å². The number of imide groups is 1. The first-order valence-electron chi connectivity index (χ1n) is 8.64. The van der Waals surface area contributed by atoms with Gasteiger partial charge in [0.25, 0.3) is 5.91 Å². The van der Waals surface area contributed by atoms with Crippen LogP contribution in [-0.2, 0) is 15.1 Å². The number of carbonyl (C=O) groups is 3. The molecular weight excluding hydrogens is 362 g/mol. The molecule has 1 heterocycles. The molecule has 4 amide bonds. The van der Waals surface area contributed by atoms with Gasteiger partial charge in [0.1, 0.15) is 12.1 Å². The average Bonchev–Trinajstić information content (AvgIpc) is 2.94. The van der Waals surface area contributed by atoms with Crippen molar-refractivity contribution in [3.63, 3.8) is 0 Å². The van der Waals surface area contributed by atoms with Gasteiger partial charge in [0, 0.05) is 4.90 Å². The second-order valence-corrected chi connectivity index (χ2v) is 7.04. The number of hydrogen-bond acceptors (Lipinski definition) is 4. The zero-order valence-electron chi connectivity index (χ0n) is 15.2. The average molecular weight is 383 g/mol. The maximum atomic E-state index is 13.0. The molecule has 2 aromatic carbocycles. The topological polar surface area (TPSA) is 78.5 Å². The lowest BCUT2D eigenvalue weighted by atomic mass is 9.87. The van der Waals surface area contributed by atoms with Gasteiger partial charge >= 0.3 is 6.03 Å². The summed E-state index contributed by atoms with van der Waals surface area (Å²) >= 11 is 1.51. The van der Waals surface area contributed by atoms with Crippen LogP contribution in [0.15, 0.2) is 59.5 Å². The third kappa shape index (κ3) is 3.55. The molecule has 1 aliphatic rings. The minimum Gasteiger partial charge on any atom is -0.324 e. The number of nitrogens with one attached hydrogen (secondary N) is 2. The minimum absolute atomic E-state index is 0.331. The van der Waals surface area contributed by atoms with E-state index in [1.165, 1.54) is 11.8 Å². The second kappa shape index (κ2) is 7.84. The SMILES string of the molecule is CC[C@]1(c2ccccc2)NC(=O)N(CC(=O)Nc2ccccc2SC)C1=O. The highest BCUT2D eigenvalue weighted by Gasteiger charge is 2.51. The summed E-state index contributed by atoms with van der Waals surface area (Å²) in [6, 6.07) is 15.9. The van der Waals surface area contributed by atoms with Crippen LogP contribution >= 0.6 is 11.8 Å². The number of para-hydroxylation sites is 1. The molecule has 0 radical (unpaired) electrons. The summed E-state index contributed by atoms with van der Waals surface area (Å²) in [5.41, 5.74) is 0.240. The number of benzene rings is 2. The molecular formula is C20H21N3O3S. The van der Waals surface area contributed by atoms with Crippen molar-refractivity contribution in [2.45, 2.75) is 23.8 Å². The zero-order chi connectivity index (χ0) is 19.4. The van der Waals surface area contributed by atoms with Crippen molar-refractivity contribution in [1.82, 2.24) is 10.2 Å². The van der Waals surface area contributed by atoms with E-state index in [0.29, 0.717) is 17.7 Å². The predicted octanol–water partition coefficient (Wildman–Crippen LogP) is 3.20. The van der Waals surface area contributed by atoms with Gasteiger partial charge in [-0.2, -0.15) is 0 Å². The van der Waals surface area contributed by atoms with Crippen molar-refractivity contribution < 1.29 is 14.4 Å². The van der Waals surface area contributed by atoms with Gasteiger partial charge in [-0.05, 0) is 30.4 Å². The molecule has 2 aromatic rings. The van der Waals surface area contributed by atoms with Gasteiger partial charge in [0.2, 0.25) is 5.91 Å². The number of nitrogens with zero attached hydrogens (tertiary/aromatic N) is 1. The van der Waals surface area contributed by atoms with E-state index < -0.39 is 23.4 Å². The largest absolute Gasteiger partial charge is 0.325 e. The van der Waals surface area contributed by atoms with E-state index in [4.69, 9.17) is 0 Å². The molecule has 0 bridgehead atoms. The van der Waals surface area contributed by atoms with E-state index >= 15 is 0 Å². The van der Waals surface area contributed by atoms with Crippen molar-refractivity contribution in [2.24, 2.45) is 0 Å². The highest BCUT2D eigenvalue weighted by Crippen LogP contribution is 2.32. The first-order valence-corrected chi connectivity index (χ1v) is 9.87. The molecule has 140 valence electrons. The van der Waals surface area contributed by atoms with Crippen LogP contribution in [0.5, 0.6) is 0 Å². The van der Waals surface area contributed by atoms with E-state index in [2.05, 4.69) is 10.6 Å². The number of hydrogen-bond donors (Lipinski definition) is 2. The van der Waals surface area contributed by atoms with E-state index in [0.717, 1.165) is 9.80 Å². The molecule has 0 saturated carbocycles. The van der Waals surface area contributed by atoms with Gasteiger partial charge < -0.3 is 10.6 Å². The number of rotatable bonds is 6. The molecule has 27 heavy (non-hydrogen) atoms. The van der Waals surface area contributed by atoms with Crippen LogP contribution < -0.4 is 10.6 Å². The van der Waals surface area contributed by atoms with Crippen molar-refractivity contribution in [3.05, 3.63) is 60.2 Å². The van der Waals surface area contributed by atoms with Crippen LogP contribution in [0.2, 0.25) is 0 Å². The fourth-order valence-corrected chi connectivity index (χ4v) is 3.77. The number of anilines is 1. The number of thioether (sulfide) groups is 1. The monoisotopic (exact) mass is 383 g/mol. The van der Waals surface area contributed by atoms with Crippen molar-refractivity contribution in [3.8, 4) is 0 Å². The third-order valence-corrected chi connectivity index (χ3v) is 5.45. The quantitative estimate of drug-likeness (QED) is 0.593. The van der Waals surface area contributed by atoms with Gasteiger partial charge in [0.15, 0.2) is 0 Å². The minimum atomic E-state index is -1.13. The van der Waals surface area contributed by atoms with Crippen LogP contribution in [0.3, 0.4) is 0 Å². The number of urea groups is 1. The van der Waals surface area contributed by atoms with Crippen LogP contribution in [0.1, 0.15) is 18.9 Å². The molecule has 1 atom stereocenters. The summed E-state index contributed by atoms with van der Waals surface area (Å²) in [5.74, 6) is -0.825. The van der Waals surface area contributed by atoms with Gasteiger partial charge in [0.05, 0.1) is 5.69 Å². The summed E-state index contributed by atoms with van der Waals surface area (Å²) in [6.45, 7) is 1.51. The lowest BCUT2D eigenvalue weighted by Crippen LogP contribution is -2.44. The van der Waals surface area contributed by atoms with Gasteiger partial charge in [-0.25, -0.2) is 4.79 Å². The van der Waals surface area contributed by atoms with E-state index in [-0.39, 0.29) is 6.54 Å². The molecule has 7 heteroatoms. The molecule has 0 aliphatic carbocycles.